The van der Waals surface area contributed by atoms with Crippen LogP contribution in [0.5, 0.6) is 0 Å². The summed E-state index contributed by atoms with van der Waals surface area (Å²) in [6, 6.07) is 12.7. The summed E-state index contributed by atoms with van der Waals surface area (Å²) >= 11 is 0. The Hall–Kier alpha value is -2.86. The molecule has 134 valence electrons. The SMILES string of the molecule is O=C(NC(C(=O)O)C1CCCOC1)c1cc2c(ccc3ccccc32)[nH]1. The van der Waals surface area contributed by atoms with Gasteiger partial charge in [-0.25, -0.2) is 4.79 Å². The lowest BCUT2D eigenvalue weighted by Crippen LogP contribution is -2.48. The second-order valence-corrected chi connectivity index (χ2v) is 6.70. The molecule has 2 atom stereocenters. The number of benzene rings is 2. The summed E-state index contributed by atoms with van der Waals surface area (Å²) in [7, 11) is 0. The third-order valence-corrected chi connectivity index (χ3v) is 4.99. The van der Waals surface area contributed by atoms with Crippen molar-refractivity contribution in [3.63, 3.8) is 0 Å². The quantitative estimate of drug-likeness (QED) is 0.673. The summed E-state index contributed by atoms with van der Waals surface area (Å²) in [6.07, 6.45) is 1.54. The van der Waals surface area contributed by atoms with Crippen molar-refractivity contribution in [3.8, 4) is 0 Å². The van der Waals surface area contributed by atoms with Crippen LogP contribution < -0.4 is 5.32 Å². The van der Waals surface area contributed by atoms with Crippen molar-refractivity contribution in [1.82, 2.24) is 10.3 Å². The Balaban J connectivity index is 1.62. The van der Waals surface area contributed by atoms with Crippen LogP contribution in [-0.2, 0) is 9.53 Å². The predicted octanol–water partition coefficient (Wildman–Crippen LogP) is 2.93. The molecule has 6 heteroatoms. The fourth-order valence-electron chi connectivity index (χ4n) is 3.64. The van der Waals surface area contributed by atoms with Gasteiger partial charge in [-0.2, -0.15) is 0 Å². The number of ether oxygens (including phenoxy) is 1. The maximum atomic E-state index is 12.7. The predicted molar refractivity (Wildman–Crippen MR) is 98.2 cm³/mol. The van der Waals surface area contributed by atoms with E-state index in [1.807, 2.05) is 36.4 Å². The molecule has 1 saturated heterocycles. The van der Waals surface area contributed by atoms with Crippen LogP contribution in [0.25, 0.3) is 21.7 Å². The molecule has 4 rings (SSSR count). The normalized spacial score (nSPS) is 18.7. The van der Waals surface area contributed by atoms with Crippen molar-refractivity contribution in [1.29, 1.82) is 0 Å². The number of aliphatic carboxylic acids is 1. The van der Waals surface area contributed by atoms with Crippen LogP contribution in [0.2, 0.25) is 0 Å². The Morgan fingerprint density at radius 2 is 2.04 bits per heavy atom. The molecule has 0 radical (unpaired) electrons. The van der Waals surface area contributed by atoms with Crippen molar-refractivity contribution in [3.05, 3.63) is 48.2 Å². The molecule has 1 fully saturated rings. The van der Waals surface area contributed by atoms with Gasteiger partial charge in [0.2, 0.25) is 0 Å². The first kappa shape index (κ1) is 16.6. The second kappa shape index (κ2) is 6.80. The van der Waals surface area contributed by atoms with Crippen molar-refractivity contribution in [2.45, 2.75) is 18.9 Å². The number of rotatable bonds is 4. The first-order valence-corrected chi connectivity index (χ1v) is 8.75. The first-order valence-electron chi connectivity index (χ1n) is 8.75. The molecule has 2 heterocycles. The van der Waals surface area contributed by atoms with Gasteiger partial charge in [0.1, 0.15) is 11.7 Å². The maximum absolute atomic E-state index is 12.7. The van der Waals surface area contributed by atoms with Crippen LogP contribution >= 0.6 is 0 Å². The summed E-state index contributed by atoms with van der Waals surface area (Å²) in [5.74, 6) is -1.66. The van der Waals surface area contributed by atoms with Crippen molar-refractivity contribution in [2.75, 3.05) is 13.2 Å². The summed E-state index contributed by atoms with van der Waals surface area (Å²) in [6.45, 7) is 1.00. The third-order valence-electron chi connectivity index (χ3n) is 4.99. The first-order chi connectivity index (χ1) is 12.6. The fraction of sp³-hybridized carbons (Fsp3) is 0.300. The molecule has 1 aliphatic heterocycles. The van der Waals surface area contributed by atoms with Gasteiger partial charge in [0, 0.05) is 23.4 Å². The van der Waals surface area contributed by atoms with Gasteiger partial charge in [0.05, 0.1) is 6.61 Å². The molecule has 26 heavy (non-hydrogen) atoms. The Kier molecular flexibility index (Phi) is 4.34. The summed E-state index contributed by atoms with van der Waals surface area (Å²) in [5.41, 5.74) is 1.21. The molecule has 2 aromatic carbocycles. The minimum atomic E-state index is -1.03. The lowest BCUT2D eigenvalue weighted by Gasteiger charge is -2.27. The fourth-order valence-corrected chi connectivity index (χ4v) is 3.64. The van der Waals surface area contributed by atoms with Gasteiger partial charge in [-0.15, -0.1) is 0 Å². The summed E-state index contributed by atoms with van der Waals surface area (Å²) < 4.78 is 5.37. The Morgan fingerprint density at radius 1 is 1.19 bits per heavy atom. The number of carboxylic acids is 1. The molecule has 1 aromatic heterocycles. The zero-order valence-electron chi connectivity index (χ0n) is 14.2. The summed E-state index contributed by atoms with van der Waals surface area (Å²) in [4.78, 5) is 27.4. The zero-order chi connectivity index (χ0) is 18.1. The van der Waals surface area contributed by atoms with E-state index in [9.17, 15) is 14.7 Å². The maximum Gasteiger partial charge on any atom is 0.326 e. The number of hydrogen-bond acceptors (Lipinski definition) is 3. The largest absolute Gasteiger partial charge is 0.480 e. The molecule has 3 aromatic rings. The highest BCUT2D eigenvalue weighted by Crippen LogP contribution is 2.26. The molecule has 1 aliphatic rings. The molecule has 6 nitrogen and oxygen atoms in total. The van der Waals surface area contributed by atoms with Gasteiger partial charge in [-0.1, -0.05) is 30.3 Å². The van der Waals surface area contributed by atoms with Crippen LogP contribution in [0.4, 0.5) is 0 Å². The van der Waals surface area contributed by atoms with Crippen LogP contribution in [0.3, 0.4) is 0 Å². The van der Waals surface area contributed by atoms with Crippen molar-refractivity contribution in [2.24, 2.45) is 5.92 Å². The Labute approximate surface area is 150 Å². The third kappa shape index (κ3) is 3.04. The van der Waals surface area contributed by atoms with E-state index in [0.717, 1.165) is 34.5 Å². The highest BCUT2D eigenvalue weighted by molar-refractivity contribution is 6.10. The molecule has 0 aliphatic carbocycles. The number of aromatic amines is 1. The molecule has 2 unspecified atom stereocenters. The molecule has 0 spiro atoms. The van der Waals surface area contributed by atoms with Crippen molar-refractivity contribution >= 4 is 33.6 Å². The van der Waals surface area contributed by atoms with Gasteiger partial charge < -0.3 is 20.1 Å². The van der Waals surface area contributed by atoms with E-state index in [1.165, 1.54) is 0 Å². The lowest BCUT2D eigenvalue weighted by molar-refractivity contribution is -0.142. The van der Waals surface area contributed by atoms with Gasteiger partial charge in [-0.3, -0.25) is 4.79 Å². The molecular formula is C20H20N2O4. The van der Waals surface area contributed by atoms with Crippen LogP contribution in [0.15, 0.2) is 42.5 Å². The number of hydrogen-bond donors (Lipinski definition) is 3. The Morgan fingerprint density at radius 3 is 2.81 bits per heavy atom. The molecule has 0 saturated carbocycles. The topological polar surface area (TPSA) is 91.4 Å². The van der Waals surface area contributed by atoms with E-state index < -0.39 is 17.9 Å². The van der Waals surface area contributed by atoms with Crippen LogP contribution in [0, 0.1) is 5.92 Å². The van der Waals surface area contributed by atoms with Gasteiger partial charge in [0.15, 0.2) is 0 Å². The van der Waals surface area contributed by atoms with Gasteiger partial charge in [0.25, 0.3) is 5.91 Å². The van der Waals surface area contributed by atoms with E-state index >= 15 is 0 Å². The van der Waals surface area contributed by atoms with Crippen LogP contribution in [-0.4, -0.2) is 41.2 Å². The average molecular weight is 352 g/mol. The van der Waals surface area contributed by atoms with Crippen LogP contribution in [0.1, 0.15) is 23.3 Å². The Bertz CT molecular complexity index is 972. The zero-order valence-corrected chi connectivity index (χ0v) is 14.2. The number of nitrogens with one attached hydrogen (secondary N) is 2. The number of fused-ring (bicyclic) bond motifs is 3. The van der Waals surface area contributed by atoms with Gasteiger partial charge >= 0.3 is 5.97 Å². The highest BCUT2D eigenvalue weighted by atomic mass is 16.5. The molecule has 1 amide bonds. The van der Waals surface area contributed by atoms with E-state index in [0.29, 0.717) is 18.9 Å². The number of amides is 1. The number of aromatic nitrogens is 1. The summed E-state index contributed by atoms with van der Waals surface area (Å²) in [5, 5.41) is 15.3. The molecule has 3 N–H and O–H groups in total. The van der Waals surface area contributed by atoms with E-state index in [2.05, 4.69) is 10.3 Å². The highest BCUT2D eigenvalue weighted by Gasteiger charge is 2.31. The minimum absolute atomic E-state index is 0.213. The number of H-pyrrole nitrogens is 1. The smallest absolute Gasteiger partial charge is 0.326 e. The second-order valence-electron chi connectivity index (χ2n) is 6.70. The number of carbonyl (C=O) groups excluding carboxylic acids is 1. The van der Waals surface area contributed by atoms with E-state index in [-0.39, 0.29) is 5.92 Å². The van der Waals surface area contributed by atoms with E-state index in [1.54, 1.807) is 6.07 Å². The monoisotopic (exact) mass is 352 g/mol. The molecular weight excluding hydrogens is 332 g/mol. The van der Waals surface area contributed by atoms with Gasteiger partial charge in [-0.05, 0) is 35.7 Å². The number of carbonyl (C=O) groups is 2. The molecule has 0 bridgehead atoms. The van der Waals surface area contributed by atoms with Crippen molar-refractivity contribution < 1.29 is 19.4 Å². The van der Waals surface area contributed by atoms with E-state index in [4.69, 9.17) is 4.74 Å². The number of carboxylic acid groups (broad SMARTS) is 1. The lowest BCUT2D eigenvalue weighted by atomic mass is 9.93. The minimum Gasteiger partial charge on any atom is -0.480 e. The average Bonchev–Trinajstić information content (AvgIpc) is 3.11. The standard InChI is InChI=1S/C20H20N2O4/c23-19(22-18(20(24)25)13-5-3-9-26-11-13)17-10-15-14-6-2-1-4-12(14)7-8-16(15)21-17/h1-2,4,6-8,10,13,18,21H,3,5,9,11H2,(H,22,23)(H,24,25).